The van der Waals surface area contributed by atoms with Crippen molar-refractivity contribution in [2.45, 2.75) is 13.3 Å². The SMILES string of the molecule is CCS(=O)(=O)N1CCc2cc(O)ccc21. The molecule has 0 radical (unpaired) electrons. The molecule has 0 aromatic heterocycles. The fourth-order valence-corrected chi connectivity index (χ4v) is 2.96. The second kappa shape index (κ2) is 3.41. The Morgan fingerprint density at radius 1 is 1.47 bits per heavy atom. The summed E-state index contributed by atoms with van der Waals surface area (Å²) < 4.78 is 24.8. The molecule has 0 unspecified atom stereocenters. The van der Waals surface area contributed by atoms with Crippen LogP contribution in [0.15, 0.2) is 18.2 Å². The Morgan fingerprint density at radius 3 is 2.87 bits per heavy atom. The van der Waals surface area contributed by atoms with Crippen LogP contribution in [0, 0.1) is 0 Å². The highest BCUT2D eigenvalue weighted by molar-refractivity contribution is 7.92. The number of phenols is 1. The highest BCUT2D eigenvalue weighted by Gasteiger charge is 2.27. The molecule has 4 nitrogen and oxygen atoms in total. The summed E-state index contributed by atoms with van der Waals surface area (Å²) in [6, 6.07) is 4.80. The van der Waals surface area contributed by atoms with Crippen molar-refractivity contribution in [1.29, 1.82) is 0 Å². The molecule has 15 heavy (non-hydrogen) atoms. The smallest absolute Gasteiger partial charge is 0.234 e. The van der Waals surface area contributed by atoms with Gasteiger partial charge in [0.2, 0.25) is 10.0 Å². The maximum atomic E-state index is 11.7. The molecule has 1 N–H and O–H groups in total. The lowest BCUT2D eigenvalue weighted by Crippen LogP contribution is -2.30. The summed E-state index contributed by atoms with van der Waals surface area (Å²) in [5.74, 6) is 0.289. The Hall–Kier alpha value is -1.23. The summed E-state index contributed by atoms with van der Waals surface area (Å²) in [5, 5.41) is 9.27. The van der Waals surface area contributed by atoms with E-state index in [1.165, 1.54) is 10.4 Å². The lowest BCUT2D eigenvalue weighted by atomic mass is 10.1. The second-order valence-corrected chi connectivity index (χ2v) is 5.72. The fourth-order valence-electron chi connectivity index (χ4n) is 1.80. The molecule has 0 bridgehead atoms. The third-order valence-electron chi connectivity index (χ3n) is 2.62. The number of fused-ring (bicyclic) bond motifs is 1. The zero-order valence-electron chi connectivity index (χ0n) is 8.47. The molecule has 0 amide bonds. The molecule has 0 saturated carbocycles. The van der Waals surface area contributed by atoms with Gasteiger partial charge in [-0.3, -0.25) is 4.31 Å². The van der Waals surface area contributed by atoms with Gasteiger partial charge in [0.15, 0.2) is 0 Å². The van der Waals surface area contributed by atoms with Crippen LogP contribution in [0.5, 0.6) is 5.75 Å². The topological polar surface area (TPSA) is 57.6 Å². The van der Waals surface area contributed by atoms with E-state index in [0.717, 1.165) is 5.56 Å². The fraction of sp³-hybridized carbons (Fsp3) is 0.400. The van der Waals surface area contributed by atoms with E-state index in [1.807, 2.05) is 0 Å². The molecule has 82 valence electrons. The van der Waals surface area contributed by atoms with Crippen LogP contribution in [-0.4, -0.2) is 25.8 Å². The summed E-state index contributed by atoms with van der Waals surface area (Å²) in [5.41, 5.74) is 1.60. The van der Waals surface area contributed by atoms with Gasteiger partial charge in [-0.2, -0.15) is 0 Å². The quantitative estimate of drug-likeness (QED) is 0.823. The van der Waals surface area contributed by atoms with Gasteiger partial charge in [0.1, 0.15) is 5.75 Å². The van der Waals surface area contributed by atoms with E-state index in [2.05, 4.69) is 0 Å². The van der Waals surface area contributed by atoms with Crippen molar-refractivity contribution < 1.29 is 13.5 Å². The van der Waals surface area contributed by atoms with Gasteiger partial charge in [-0.25, -0.2) is 8.42 Å². The van der Waals surface area contributed by atoms with Crippen molar-refractivity contribution in [2.24, 2.45) is 0 Å². The van der Waals surface area contributed by atoms with Gasteiger partial charge in [0, 0.05) is 6.54 Å². The summed E-state index contributed by atoms with van der Waals surface area (Å²) >= 11 is 0. The Morgan fingerprint density at radius 2 is 2.20 bits per heavy atom. The molecule has 0 spiro atoms. The number of sulfonamides is 1. The number of rotatable bonds is 2. The minimum Gasteiger partial charge on any atom is -0.508 e. The number of hydrogen-bond donors (Lipinski definition) is 1. The summed E-state index contributed by atoms with van der Waals surface area (Å²) in [7, 11) is -3.17. The van der Waals surface area contributed by atoms with Crippen molar-refractivity contribution >= 4 is 15.7 Å². The van der Waals surface area contributed by atoms with Crippen LogP contribution in [0.3, 0.4) is 0 Å². The molecule has 1 aromatic carbocycles. The molecule has 5 heteroatoms. The standard InChI is InChI=1S/C10H13NO3S/c1-2-15(13,14)11-6-5-8-7-9(12)3-4-10(8)11/h3-4,7,12H,2,5-6H2,1H3. The van der Waals surface area contributed by atoms with Crippen LogP contribution < -0.4 is 4.31 Å². The van der Waals surface area contributed by atoms with Crippen LogP contribution in [0.25, 0.3) is 0 Å². The predicted molar refractivity (Wildman–Crippen MR) is 58.6 cm³/mol. The molecule has 1 aliphatic rings. The van der Waals surface area contributed by atoms with E-state index in [4.69, 9.17) is 0 Å². The highest BCUT2D eigenvalue weighted by atomic mass is 32.2. The Kier molecular flexibility index (Phi) is 2.34. The number of benzene rings is 1. The number of nitrogens with zero attached hydrogens (tertiary/aromatic N) is 1. The van der Waals surface area contributed by atoms with Gasteiger partial charge in [-0.15, -0.1) is 0 Å². The minimum absolute atomic E-state index is 0.104. The molecule has 0 saturated heterocycles. The van der Waals surface area contributed by atoms with Crippen LogP contribution in [0.2, 0.25) is 0 Å². The molecular weight excluding hydrogens is 214 g/mol. The van der Waals surface area contributed by atoms with E-state index < -0.39 is 10.0 Å². The first-order valence-corrected chi connectivity index (χ1v) is 6.48. The second-order valence-electron chi connectivity index (χ2n) is 3.54. The third kappa shape index (κ3) is 1.67. The van der Waals surface area contributed by atoms with Gasteiger partial charge in [-0.1, -0.05) is 0 Å². The lowest BCUT2D eigenvalue weighted by molar-refractivity contribution is 0.475. The number of hydrogen-bond acceptors (Lipinski definition) is 3. The van der Waals surface area contributed by atoms with Gasteiger partial charge >= 0.3 is 0 Å². The monoisotopic (exact) mass is 227 g/mol. The zero-order chi connectivity index (χ0) is 11.1. The van der Waals surface area contributed by atoms with E-state index in [1.54, 1.807) is 19.1 Å². The lowest BCUT2D eigenvalue weighted by Gasteiger charge is -2.18. The Bertz CT molecular complexity index is 481. The van der Waals surface area contributed by atoms with Crippen molar-refractivity contribution in [3.63, 3.8) is 0 Å². The van der Waals surface area contributed by atoms with Crippen molar-refractivity contribution in [2.75, 3.05) is 16.6 Å². The largest absolute Gasteiger partial charge is 0.508 e. The first-order valence-electron chi connectivity index (χ1n) is 4.87. The van der Waals surface area contributed by atoms with Crippen LogP contribution in [-0.2, 0) is 16.4 Å². The van der Waals surface area contributed by atoms with E-state index in [-0.39, 0.29) is 11.5 Å². The van der Waals surface area contributed by atoms with E-state index in [9.17, 15) is 13.5 Å². The molecule has 2 rings (SSSR count). The van der Waals surface area contributed by atoms with Crippen LogP contribution >= 0.6 is 0 Å². The summed E-state index contributed by atoms with van der Waals surface area (Å²) in [6.07, 6.45) is 0.670. The molecule has 0 atom stereocenters. The van der Waals surface area contributed by atoms with Crippen molar-refractivity contribution in [3.05, 3.63) is 23.8 Å². The van der Waals surface area contributed by atoms with Crippen LogP contribution in [0.4, 0.5) is 5.69 Å². The van der Waals surface area contributed by atoms with Crippen molar-refractivity contribution in [1.82, 2.24) is 0 Å². The maximum absolute atomic E-state index is 11.7. The summed E-state index contributed by atoms with van der Waals surface area (Å²) in [6.45, 7) is 2.11. The van der Waals surface area contributed by atoms with E-state index >= 15 is 0 Å². The highest BCUT2D eigenvalue weighted by Crippen LogP contribution is 2.32. The molecule has 1 aromatic rings. The van der Waals surface area contributed by atoms with Gasteiger partial charge in [-0.05, 0) is 37.1 Å². The molecule has 0 fully saturated rings. The Balaban J connectivity index is 2.46. The maximum Gasteiger partial charge on any atom is 0.234 e. The molecule has 1 heterocycles. The van der Waals surface area contributed by atoms with Gasteiger partial charge in [0.05, 0.1) is 11.4 Å². The molecule has 1 aliphatic heterocycles. The first kappa shape index (κ1) is 10.3. The van der Waals surface area contributed by atoms with Gasteiger partial charge in [0.25, 0.3) is 0 Å². The molecule has 0 aliphatic carbocycles. The Labute approximate surface area is 89.2 Å². The number of aromatic hydroxyl groups is 1. The summed E-state index contributed by atoms with van der Waals surface area (Å²) in [4.78, 5) is 0. The minimum atomic E-state index is -3.17. The average Bonchev–Trinajstić information content (AvgIpc) is 2.61. The average molecular weight is 227 g/mol. The number of anilines is 1. The van der Waals surface area contributed by atoms with E-state index in [0.29, 0.717) is 18.7 Å². The predicted octanol–water partition coefficient (Wildman–Crippen LogP) is 1.10. The van der Waals surface area contributed by atoms with Crippen LogP contribution in [0.1, 0.15) is 12.5 Å². The third-order valence-corrected chi connectivity index (χ3v) is 4.40. The first-order chi connectivity index (χ1) is 7.04. The van der Waals surface area contributed by atoms with Gasteiger partial charge < -0.3 is 5.11 Å². The van der Waals surface area contributed by atoms with Crippen molar-refractivity contribution in [3.8, 4) is 5.75 Å². The zero-order valence-corrected chi connectivity index (χ0v) is 9.29. The molecular formula is C10H13NO3S. The number of phenolic OH excluding ortho intramolecular Hbond substituents is 1. The normalized spacial score (nSPS) is 15.4.